The maximum atomic E-state index is 11.7. The lowest BCUT2D eigenvalue weighted by Gasteiger charge is -2.19. The number of hydrogen-bond donors (Lipinski definition) is 1. The molecule has 0 bridgehead atoms. The fraction of sp³-hybridized carbons (Fsp3) is 0.333. The van der Waals surface area contributed by atoms with Gasteiger partial charge in [0.25, 0.3) is 0 Å². The molecule has 0 radical (unpaired) electrons. The minimum atomic E-state index is -0.499. The van der Waals surface area contributed by atoms with Gasteiger partial charge in [0.2, 0.25) is 0 Å². The zero-order chi connectivity index (χ0) is 13.2. The Morgan fingerprint density at radius 3 is 2.78 bits per heavy atom. The van der Waals surface area contributed by atoms with Crippen molar-refractivity contribution in [3.63, 3.8) is 0 Å². The van der Waals surface area contributed by atoms with E-state index in [4.69, 9.17) is 4.74 Å². The summed E-state index contributed by atoms with van der Waals surface area (Å²) in [5.74, 6) is 0. The molecule has 1 N–H and O–H groups in total. The lowest BCUT2D eigenvalue weighted by atomic mass is 10.2. The van der Waals surface area contributed by atoms with E-state index in [1.807, 2.05) is 36.9 Å². The van der Waals surface area contributed by atoms with Gasteiger partial charge in [-0.3, -0.25) is 5.32 Å². The molecule has 0 aliphatic rings. The van der Waals surface area contributed by atoms with Crippen molar-refractivity contribution in [2.45, 2.75) is 26.4 Å². The van der Waals surface area contributed by atoms with Gasteiger partial charge >= 0.3 is 6.09 Å². The monoisotopic (exact) mass is 282 g/mol. The highest BCUT2D eigenvalue weighted by atomic mass is 32.1. The van der Waals surface area contributed by atoms with Crippen LogP contribution in [0.4, 0.5) is 10.5 Å². The summed E-state index contributed by atoms with van der Waals surface area (Å²) in [5.41, 5.74) is 1.17. The summed E-state index contributed by atoms with van der Waals surface area (Å²) in [6.45, 7) is 5.51. The van der Waals surface area contributed by atoms with Crippen molar-refractivity contribution < 1.29 is 9.53 Å². The lowest BCUT2D eigenvalue weighted by Crippen LogP contribution is -2.27. The summed E-state index contributed by atoms with van der Waals surface area (Å²) in [6, 6.07) is 0. The van der Waals surface area contributed by atoms with Gasteiger partial charge in [-0.15, -0.1) is 22.7 Å². The third-order valence-corrected chi connectivity index (χ3v) is 3.51. The van der Waals surface area contributed by atoms with E-state index in [9.17, 15) is 4.79 Å². The van der Waals surface area contributed by atoms with E-state index in [1.54, 1.807) is 6.20 Å². The van der Waals surface area contributed by atoms with E-state index >= 15 is 0 Å². The van der Waals surface area contributed by atoms with Crippen molar-refractivity contribution in [1.29, 1.82) is 0 Å². The summed E-state index contributed by atoms with van der Waals surface area (Å²) < 4.78 is 5.22. The van der Waals surface area contributed by atoms with Crippen molar-refractivity contribution >= 4 is 34.5 Å². The lowest BCUT2D eigenvalue weighted by molar-refractivity contribution is 0.0636. The van der Waals surface area contributed by atoms with Crippen LogP contribution in [0.3, 0.4) is 0 Å². The zero-order valence-corrected chi connectivity index (χ0v) is 12.0. The summed E-state index contributed by atoms with van der Waals surface area (Å²) in [4.78, 5) is 15.9. The van der Waals surface area contributed by atoms with Crippen molar-refractivity contribution in [3.05, 3.63) is 22.3 Å². The number of amides is 1. The van der Waals surface area contributed by atoms with Gasteiger partial charge in [-0.25, -0.2) is 9.78 Å². The number of rotatable bonds is 2. The Balaban J connectivity index is 2.12. The molecule has 4 nitrogen and oxygen atoms in total. The van der Waals surface area contributed by atoms with Crippen LogP contribution in [0.25, 0.3) is 10.6 Å². The van der Waals surface area contributed by atoms with Gasteiger partial charge in [-0.1, -0.05) is 0 Å². The van der Waals surface area contributed by atoms with Gasteiger partial charge in [0.15, 0.2) is 0 Å². The average molecular weight is 282 g/mol. The van der Waals surface area contributed by atoms with Crippen LogP contribution in [0.1, 0.15) is 20.8 Å². The fourth-order valence-corrected chi connectivity index (χ4v) is 2.84. The van der Waals surface area contributed by atoms with Gasteiger partial charge in [-0.05, 0) is 20.8 Å². The molecular formula is C12H14N2O2S2. The average Bonchev–Trinajstić information content (AvgIpc) is 2.82. The van der Waals surface area contributed by atoms with Crippen LogP contribution in [0.2, 0.25) is 0 Å². The normalized spacial score (nSPS) is 11.3. The van der Waals surface area contributed by atoms with E-state index < -0.39 is 11.7 Å². The molecule has 1 amide bonds. The topological polar surface area (TPSA) is 51.2 Å². The number of hydrogen-bond acceptors (Lipinski definition) is 5. The highest BCUT2D eigenvalue weighted by Crippen LogP contribution is 2.33. The molecular weight excluding hydrogens is 268 g/mol. The molecule has 18 heavy (non-hydrogen) atoms. The first-order chi connectivity index (χ1) is 8.46. The Kier molecular flexibility index (Phi) is 3.68. The molecule has 0 saturated heterocycles. The molecule has 96 valence electrons. The predicted octanol–water partition coefficient (Wildman–Crippen LogP) is 4.22. The van der Waals surface area contributed by atoms with Crippen LogP contribution in [0.15, 0.2) is 22.3 Å². The second kappa shape index (κ2) is 5.07. The van der Waals surface area contributed by atoms with E-state index in [0.29, 0.717) is 0 Å². The molecule has 0 unspecified atom stereocenters. The second-order valence-corrected chi connectivity index (χ2v) is 6.30. The van der Waals surface area contributed by atoms with Crippen molar-refractivity contribution in [2.24, 2.45) is 0 Å². The highest BCUT2D eigenvalue weighted by molar-refractivity contribution is 7.14. The summed E-state index contributed by atoms with van der Waals surface area (Å²) >= 11 is 3.06. The minimum Gasteiger partial charge on any atom is -0.444 e. The van der Waals surface area contributed by atoms with Crippen molar-refractivity contribution in [2.75, 3.05) is 5.32 Å². The van der Waals surface area contributed by atoms with E-state index in [-0.39, 0.29) is 0 Å². The smallest absolute Gasteiger partial charge is 0.412 e. The molecule has 0 fully saturated rings. The highest BCUT2D eigenvalue weighted by Gasteiger charge is 2.18. The van der Waals surface area contributed by atoms with Gasteiger partial charge in [0.1, 0.15) is 10.6 Å². The largest absolute Gasteiger partial charge is 0.444 e. The SMILES string of the molecule is CC(C)(C)OC(=O)Nc1cscc1-c1nccs1. The Labute approximate surface area is 114 Å². The number of carbonyl (C=O) groups excluding carboxylic acids is 1. The number of ether oxygens (including phenoxy) is 1. The summed E-state index contributed by atoms with van der Waals surface area (Å²) in [5, 5.41) is 9.39. The maximum absolute atomic E-state index is 11.7. The molecule has 0 atom stereocenters. The molecule has 0 aliphatic carbocycles. The third kappa shape index (κ3) is 3.30. The Bertz CT molecular complexity index is 527. The van der Waals surface area contributed by atoms with Crippen LogP contribution in [0, 0.1) is 0 Å². The molecule has 0 aromatic carbocycles. The molecule has 0 spiro atoms. The number of nitrogens with one attached hydrogen (secondary N) is 1. The minimum absolute atomic E-state index is 0.446. The van der Waals surface area contributed by atoms with E-state index in [1.165, 1.54) is 22.7 Å². The van der Waals surface area contributed by atoms with Gasteiger partial charge in [0, 0.05) is 27.9 Å². The number of thiazole rings is 1. The van der Waals surface area contributed by atoms with E-state index in [0.717, 1.165) is 16.3 Å². The fourth-order valence-electron chi connectivity index (χ4n) is 1.33. The molecule has 2 rings (SSSR count). The van der Waals surface area contributed by atoms with Gasteiger partial charge in [0.05, 0.1) is 5.69 Å². The second-order valence-electron chi connectivity index (χ2n) is 4.66. The number of anilines is 1. The first-order valence-corrected chi connectivity index (χ1v) is 7.24. The maximum Gasteiger partial charge on any atom is 0.412 e. The molecule has 0 saturated carbocycles. The van der Waals surface area contributed by atoms with Gasteiger partial charge < -0.3 is 4.74 Å². The van der Waals surface area contributed by atoms with Crippen LogP contribution in [-0.4, -0.2) is 16.7 Å². The number of nitrogens with zero attached hydrogens (tertiary/aromatic N) is 1. The predicted molar refractivity (Wildman–Crippen MR) is 75.3 cm³/mol. The zero-order valence-electron chi connectivity index (χ0n) is 10.4. The van der Waals surface area contributed by atoms with Crippen LogP contribution < -0.4 is 5.32 Å². The Morgan fingerprint density at radius 2 is 2.17 bits per heavy atom. The van der Waals surface area contributed by atoms with Gasteiger partial charge in [-0.2, -0.15) is 0 Å². The quantitative estimate of drug-likeness (QED) is 0.897. The number of aromatic nitrogens is 1. The molecule has 6 heteroatoms. The Hall–Kier alpha value is -1.40. The molecule has 2 heterocycles. The summed E-state index contributed by atoms with van der Waals surface area (Å²) in [6.07, 6.45) is 1.30. The Morgan fingerprint density at radius 1 is 1.39 bits per heavy atom. The van der Waals surface area contributed by atoms with E-state index in [2.05, 4.69) is 10.3 Å². The number of thiophene rings is 1. The standard InChI is InChI=1S/C12H14N2O2S2/c1-12(2,3)16-11(15)14-9-7-17-6-8(9)10-13-4-5-18-10/h4-7H,1-3H3,(H,14,15). The molecule has 2 aromatic heterocycles. The molecule has 2 aromatic rings. The first-order valence-electron chi connectivity index (χ1n) is 5.42. The summed E-state index contributed by atoms with van der Waals surface area (Å²) in [7, 11) is 0. The van der Waals surface area contributed by atoms with Crippen molar-refractivity contribution in [3.8, 4) is 10.6 Å². The van der Waals surface area contributed by atoms with Crippen LogP contribution >= 0.6 is 22.7 Å². The molecule has 0 aliphatic heterocycles. The van der Waals surface area contributed by atoms with Crippen LogP contribution in [0.5, 0.6) is 0 Å². The van der Waals surface area contributed by atoms with Crippen molar-refractivity contribution in [1.82, 2.24) is 4.98 Å². The third-order valence-electron chi connectivity index (χ3n) is 1.96. The number of carbonyl (C=O) groups is 1. The van der Waals surface area contributed by atoms with Crippen LogP contribution in [-0.2, 0) is 4.74 Å². The first kappa shape index (κ1) is 13.0.